The molecule has 1 atom stereocenters. The fourth-order valence-electron chi connectivity index (χ4n) is 1.67. The van der Waals surface area contributed by atoms with Gasteiger partial charge in [-0.2, -0.15) is 0 Å². The largest absolute Gasteiger partial charge is 0.370 e. The van der Waals surface area contributed by atoms with E-state index in [1.807, 2.05) is 24.3 Å². The van der Waals surface area contributed by atoms with Crippen LogP contribution in [0.1, 0.15) is 25.3 Å². The molecule has 18 heavy (non-hydrogen) atoms. The molecule has 0 bridgehead atoms. The van der Waals surface area contributed by atoms with Crippen LogP contribution in [0.3, 0.4) is 0 Å². The van der Waals surface area contributed by atoms with E-state index in [2.05, 4.69) is 12.2 Å². The summed E-state index contributed by atoms with van der Waals surface area (Å²) in [5.74, 6) is -0.207. The van der Waals surface area contributed by atoms with Crippen LogP contribution in [-0.2, 0) is 16.0 Å². The molecule has 1 amide bonds. The van der Waals surface area contributed by atoms with Crippen LogP contribution in [0.2, 0.25) is 0 Å². The Hall–Kier alpha value is -1.39. The van der Waals surface area contributed by atoms with E-state index >= 15 is 0 Å². The van der Waals surface area contributed by atoms with Gasteiger partial charge in [-0.3, -0.25) is 4.79 Å². The number of ether oxygens (including phenoxy) is 1. The van der Waals surface area contributed by atoms with Gasteiger partial charge in [-0.15, -0.1) is 0 Å². The zero-order chi connectivity index (χ0) is 13.4. The number of amides is 1. The van der Waals surface area contributed by atoms with E-state index in [4.69, 9.17) is 10.5 Å². The molecule has 0 aliphatic rings. The highest BCUT2D eigenvalue weighted by Crippen LogP contribution is 2.12. The molecule has 1 aromatic rings. The molecule has 4 heteroatoms. The summed E-state index contributed by atoms with van der Waals surface area (Å²) in [6.45, 7) is 2.35. The molecule has 0 saturated heterocycles. The predicted octanol–water partition coefficient (Wildman–Crippen LogP) is 1.94. The summed E-state index contributed by atoms with van der Waals surface area (Å²) in [4.78, 5) is 11.7. The average Bonchev–Trinajstić information content (AvgIpc) is 2.39. The quantitative estimate of drug-likeness (QED) is 0.777. The monoisotopic (exact) mass is 250 g/mol. The van der Waals surface area contributed by atoms with E-state index < -0.39 is 6.10 Å². The molecule has 3 N–H and O–H groups in total. The van der Waals surface area contributed by atoms with Crippen LogP contribution in [0.25, 0.3) is 0 Å². The Morgan fingerprint density at radius 2 is 2.06 bits per heavy atom. The van der Waals surface area contributed by atoms with Crippen molar-refractivity contribution in [1.82, 2.24) is 0 Å². The Bertz CT molecular complexity index is 359. The van der Waals surface area contributed by atoms with Gasteiger partial charge in [-0.1, -0.05) is 25.5 Å². The molecular formula is C14H22N2O2. The maximum atomic E-state index is 11.7. The summed E-state index contributed by atoms with van der Waals surface area (Å²) >= 11 is 0. The molecule has 0 fully saturated rings. The van der Waals surface area contributed by atoms with Crippen molar-refractivity contribution < 1.29 is 9.53 Å². The van der Waals surface area contributed by atoms with E-state index in [1.165, 1.54) is 25.5 Å². The van der Waals surface area contributed by atoms with Gasteiger partial charge in [-0.05, 0) is 30.5 Å². The van der Waals surface area contributed by atoms with Crippen LogP contribution >= 0.6 is 0 Å². The number of aryl methyl sites for hydroxylation is 1. The lowest BCUT2D eigenvalue weighted by Gasteiger charge is -2.13. The topological polar surface area (TPSA) is 64.4 Å². The second-order valence-corrected chi connectivity index (χ2v) is 4.25. The van der Waals surface area contributed by atoms with Crippen molar-refractivity contribution in [3.8, 4) is 0 Å². The summed E-state index contributed by atoms with van der Waals surface area (Å²) in [6, 6.07) is 7.89. The number of anilines is 1. The zero-order valence-corrected chi connectivity index (χ0v) is 11.1. The number of nitrogens with one attached hydrogen (secondary N) is 1. The van der Waals surface area contributed by atoms with Crippen molar-refractivity contribution in [2.24, 2.45) is 5.73 Å². The molecule has 0 aliphatic carbocycles. The first-order valence-corrected chi connectivity index (χ1v) is 6.34. The van der Waals surface area contributed by atoms with Crippen LogP contribution in [0.5, 0.6) is 0 Å². The van der Waals surface area contributed by atoms with Crippen LogP contribution in [0.15, 0.2) is 24.3 Å². The molecule has 0 radical (unpaired) electrons. The second-order valence-electron chi connectivity index (χ2n) is 4.25. The van der Waals surface area contributed by atoms with Gasteiger partial charge in [0.1, 0.15) is 6.10 Å². The first-order chi connectivity index (χ1) is 8.71. The highest BCUT2D eigenvalue weighted by molar-refractivity contribution is 5.94. The highest BCUT2D eigenvalue weighted by atomic mass is 16.5. The van der Waals surface area contributed by atoms with Crippen molar-refractivity contribution in [1.29, 1.82) is 0 Å². The molecule has 0 aliphatic heterocycles. The van der Waals surface area contributed by atoms with Crippen molar-refractivity contribution in [3.63, 3.8) is 0 Å². The number of methoxy groups -OCH3 is 1. The van der Waals surface area contributed by atoms with Crippen molar-refractivity contribution >= 4 is 11.6 Å². The standard InChI is InChI=1S/C14H22N2O2/c1-3-4-5-11-6-8-12(9-7-11)16-14(17)13(10-15)18-2/h6-9,13H,3-5,10,15H2,1-2H3,(H,16,17). The van der Waals surface area contributed by atoms with E-state index in [0.717, 1.165) is 12.1 Å². The fourth-order valence-corrected chi connectivity index (χ4v) is 1.67. The highest BCUT2D eigenvalue weighted by Gasteiger charge is 2.15. The summed E-state index contributed by atoms with van der Waals surface area (Å²) in [7, 11) is 1.48. The minimum atomic E-state index is -0.593. The van der Waals surface area contributed by atoms with Crippen LogP contribution < -0.4 is 11.1 Å². The zero-order valence-electron chi connectivity index (χ0n) is 11.1. The Balaban J connectivity index is 2.55. The summed E-state index contributed by atoms with van der Waals surface area (Å²) in [6.07, 6.45) is 2.85. The van der Waals surface area contributed by atoms with Crippen molar-refractivity contribution in [2.75, 3.05) is 19.0 Å². The maximum absolute atomic E-state index is 11.7. The summed E-state index contributed by atoms with van der Waals surface area (Å²) in [5, 5.41) is 2.78. The molecule has 100 valence electrons. The van der Waals surface area contributed by atoms with Gasteiger partial charge in [0.15, 0.2) is 0 Å². The molecule has 1 unspecified atom stereocenters. The third kappa shape index (κ3) is 4.47. The fraction of sp³-hybridized carbons (Fsp3) is 0.500. The molecule has 0 heterocycles. The molecule has 0 aromatic heterocycles. The first-order valence-electron chi connectivity index (χ1n) is 6.34. The molecule has 1 aromatic carbocycles. The van der Waals surface area contributed by atoms with Gasteiger partial charge in [-0.25, -0.2) is 0 Å². The minimum Gasteiger partial charge on any atom is -0.370 e. The van der Waals surface area contributed by atoms with Gasteiger partial charge in [0, 0.05) is 19.3 Å². The van der Waals surface area contributed by atoms with E-state index in [9.17, 15) is 4.79 Å². The third-order valence-electron chi connectivity index (χ3n) is 2.83. The Kier molecular flexibility index (Phi) is 6.39. The SMILES string of the molecule is CCCCc1ccc(NC(=O)C(CN)OC)cc1. The number of carbonyl (C=O) groups excluding carboxylic acids is 1. The lowest BCUT2D eigenvalue weighted by atomic mass is 10.1. The number of hydrogen-bond acceptors (Lipinski definition) is 3. The first kappa shape index (κ1) is 14.7. The lowest BCUT2D eigenvalue weighted by Crippen LogP contribution is -2.35. The van der Waals surface area contributed by atoms with E-state index in [1.54, 1.807) is 0 Å². The van der Waals surface area contributed by atoms with E-state index in [-0.39, 0.29) is 12.5 Å². The predicted molar refractivity (Wildman–Crippen MR) is 73.5 cm³/mol. The van der Waals surface area contributed by atoms with Crippen LogP contribution in [-0.4, -0.2) is 25.7 Å². The van der Waals surface area contributed by atoms with Crippen LogP contribution in [0.4, 0.5) is 5.69 Å². The molecule has 4 nitrogen and oxygen atoms in total. The van der Waals surface area contributed by atoms with Gasteiger partial charge < -0.3 is 15.8 Å². The van der Waals surface area contributed by atoms with Gasteiger partial charge in [0.05, 0.1) is 0 Å². The average molecular weight is 250 g/mol. The maximum Gasteiger partial charge on any atom is 0.254 e. The number of nitrogens with two attached hydrogens (primary N) is 1. The normalized spacial score (nSPS) is 12.2. The summed E-state index contributed by atoms with van der Waals surface area (Å²) < 4.78 is 4.97. The van der Waals surface area contributed by atoms with Gasteiger partial charge in [0.2, 0.25) is 0 Å². The lowest BCUT2D eigenvalue weighted by molar-refractivity contribution is -0.125. The number of benzene rings is 1. The van der Waals surface area contributed by atoms with E-state index in [0.29, 0.717) is 0 Å². The molecule has 1 rings (SSSR count). The number of hydrogen-bond donors (Lipinski definition) is 2. The smallest absolute Gasteiger partial charge is 0.254 e. The van der Waals surface area contributed by atoms with Gasteiger partial charge in [0.25, 0.3) is 5.91 Å². The Labute approximate surface area is 109 Å². The molecule has 0 spiro atoms. The number of rotatable bonds is 7. The molecular weight excluding hydrogens is 228 g/mol. The second kappa shape index (κ2) is 7.84. The summed E-state index contributed by atoms with van der Waals surface area (Å²) in [5.41, 5.74) is 7.49. The Morgan fingerprint density at radius 1 is 1.39 bits per heavy atom. The number of unbranched alkanes of at least 4 members (excludes halogenated alkanes) is 1. The Morgan fingerprint density at radius 3 is 2.56 bits per heavy atom. The van der Waals surface area contributed by atoms with Gasteiger partial charge >= 0.3 is 0 Å². The third-order valence-corrected chi connectivity index (χ3v) is 2.83. The minimum absolute atomic E-state index is 0.177. The molecule has 0 saturated carbocycles. The van der Waals surface area contributed by atoms with Crippen LogP contribution in [0, 0.1) is 0 Å². The number of carbonyl (C=O) groups is 1. The van der Waals surface area contributed by atoms with Crippen molar-refractivity contribution in [2.45, 2.75) is 32.3 Å². The van der Waals surface area contributed by atoms with Crippen molar-refractivity contribution in [3.05, 3.63) is 29.8 Å².